The maximum atomic E-state index is 12.4. The van der Waals surface area contributed by atoms with Crippen LogP contribution < -0.4 is 4.74 Å². The van der Waals surface area contributed by atoms with Crippen molar-refractivity contribution in [3.63, 3.8) is 0 Å². The number of phenols is 1. The van der Waals surface area contributed by atoms with E-state index in [1.165, 1.54) is 0 Å². The number of nitrogens with zero attached hydrogens (tertiary/aromatic N) is 2. The summed E-state index contributed by atoms with van der Waals surface area (Å²) in [6.07, 6.45) is 0. The van der Waals surface area contributed by atoms with Gasteiger partial charge in [0.05, 0.1) is 32.3 Å². The number of likely N-dealkylation sites (N-methyl/N-ethyl adjacent to an activating group) is 1. The highest BCUT2D eigenvalue weighted by Gasteiger charge is 2.37. The van der Waals surface area contributed by atoms with Crippen LogP contribution in [-0.4, -0.2) is 67.3 Å². The fourth-order valence-electron chi connectivity index (χ4n) is 3.25. The summed E-state index contributed by atoms with van der Waals surface area (Å²) in [4.78, 5) is 16.4. The first kappa shape index (κ1) is 15.1. The van der Waals surface area contributed by atoms with Crippen LogP contribution in [0.4, 0.5) is 0 Å². The van der Waals surface area contributed by atoms with Crippen molar-refractivity contribution in [1.29, 1.82) is 0 Å². The number of phenolic OH excluding ortho intramolecular Hbond substituents is 1. The average Bonchev–Trinajstić information content (AvgIpc) is 2.66. The molecule has 2 atom stereocenters. The van der Waals surface area contributed by atoms with Gasteiger partial charge in [-0.05, 0) is 18.2 Å². The number of rotatable bonds is 3. The summed E-state index contributed by atoms with van der Waals surface area (Å²) in [5, 5.41) is 9.71. The number of hydrogen-bond acceptors (Lipinski definition) is 5. The smallest absolute Gasteiger partial charge is 0.229 e. The highest BCUT2D eigenvalue weighted by Crippen LogP contribution is 2.27. The number of fused-ring (bicyclic) bond motifs is 3. The molecule has 0 spiro atoms. The summed E-state index contributed by atoms with van der Waals surface area (Å²) >= 11 is 0. The lowest BCUT2D eigenvalue weighted by Crippen LogP contribution is -2.42. The van der Waals surface area contributed by atoms with Gasteiger partial charge in [-0.25, -0.2) is 0 Å². The van der Waals surface area contributed by atoms with E-state index < -0.39 is 0 Å². The standard InChI is InChI=1S/C16H22N2O4/c1-17-13-8-18(7-12(16(17)20)9-22-10-13)6-11-5-14(19)3-4-15(11)21-2/h3-5,12-13,19H,6-10H2,1-2H3/t12-,13+/m1/s1. The molecule has 1 aromatic carbocycles. The molecule has 0 unspecified atom stereocenters. The van der Waals surface area contributed by atoms with Gasteiger partial charge in [-0.1, -0.05) is 0 Å². The lowest BCUT2D eigenvalue weighted by molar-refractivity contribution is -0.133. The van der Waals surface area contributed by atoms with Crippen molar-refractivity contribution in [2.45, 2.75) is 12.6 Å². The second kappa shape index (κ2) is 6.14. The molecule has 1 amide bonds. The van der Waals surface area contributed by atoms with Crippen molar-refractivity contribution in [3.8, 4) is 11.5 Å². The van der Waals surface area contributed by atoms with Crippen molar-refractivity contribution in [3.05, 3.63) is 23.8 Å². The summed E-state index contributed by atoms with van der Waals surface area (Å²) in [6, 6.07) is 5.18. The first-order valence-corrected chi connectivity index (χ1v) is 7.51. The van der Waals surface area contributed by atoms with E-state index in [-0.39, 0.29) is 23.6 Å². The zero-order valence-electron chi connectivity index (χ0n) is 13.0. The molecule has 2 heterocycles. The number of benzene rings is 1. The fraction of sp³-hybridized carbons (Fsp3) is 0.562. The molecule has 2 bridgehead atoms. The molecule has 0 saturated carbocycles. The van der Waals surface area contributed by atoms with Crippen molar-refractivity contribution >= 4 is 5.91 Å². The summed E-state index contributed by atoms with van der Waals surface area (Å²) < 4.78 is 11.0. The lowest BCUT2D eigenvalue weighted by Gasteiger charge is -2.29. The Kier molecular flexibility index (Phi) is 4.22. The van der Waals surface area contributed by atoms with E-state index in [1.54, 1.807) is 25.3 Å². The van der Waals surface area contributed by atoms with Gasteiger partial charge in [-0.3, -0.25) is 9.69 Å². The van der Waals surface area contributed by atoms with Gasteiger partial charge in [0.15, 0.2) is 0 Å². The molecule has 0 radical (unpaired) electrons. The molecule has 120 valence electrons. The van der Waals surface area contributed by atoms with Crippen LogP contribution in [0.5, 0.6) is 11.5 Å². The number of amides is 1. The topological polar surface area (TPSA) is 62.2 Å². The Labute approximate surface area is 130 Å². The number of hydrogen-bond donors (Lipinski definition) is 1. The minimum absolute atomic E-state index is 0.0725. The van der Waals surface area contributed by atoms with Gasteiger partial charge in [-0.15, -0.1) is 0 Å². The highest BCUT2D eigenvalue weighted by atomic mass is 16.5. The molecule has 6 heteroatoms. The van der Waals surface area contributed by atoms with Gasteiger partial charge in [0.2, 0.25) is 5.91 Å². The largest absolute Gasteiger partial charge is 0.508 e. The molecule has 3 rings (SSSR count). The van der Waals surface area contributed by atoms with Crippen LogP contribution in [0.2, 0.25) is 0 Å². The Hall–Kier alpha value is -1.79. The van der Waals surface area contributed by atoms with E-state index in [9.17, 15) is 9.90 Å². The first-order chi connectivity index (χ1) is 10.6. The van der Waals surface area contributed by atoms with Gasteiger partial charge >= 0.3 is 0 Å². The molecule has 2 aliphatic rings. The lowest BCUT2D eigenvalue weighted by atomic mass is 10.1. The first-order valence-electron chi connectivity index (χ1n) is 7.51. The Morgan fingerprint density at radius 1 is 1.36 bits per heavy atom. The van der Waals surface area contributed by atoms with E-state index >= 15 is 0 Å². The van der Waals surface area contributed by atoms with Gasteiger partial charge in [-0.2, -0.15) is 0 Å². The van der Waals surface area contributed by atoms with E-state index in [0.717, 1.165) is 17.9 Å². The molecule has 2 aliphatic heterocycles. The third kappa shape index (κ3) is 2.89. The number of carbonyl (C=O) groups excluding carboxylic acids is 1. The maximum absolute atomic E-state index is 12.4. The Morgan fingerprint density at radius 3 is 2.95 bits per heavy atom. The van der Waals surface area contributed by atoms with E-state index in [0.29, 0.717) is 26.3 Å². The summed E-state index contributed by atoms with van der Waals surface area (Å²) in [5.74, 6) is 1.01. The van der Waals surface area contributed by atoms with Crippen LogP contribution >= 0.6 is 0 Å². The second-order valence-electron chi connectivity index (χ2n) is 6.03. The third-order valence-electron chi connectivity index (χ3n) is 4.48. The SMILES string of the molecule is COc1ccc(O)cc1CN1C[C@@H]2COC[C@H](C1)N(C)C2=O. The van der Waals surface area contributed by atoms with Crippen molar-refractivity contribution < 1.29 is 19.4 Å². The normalized spacial score (nSPS) is 25.9. The van der Waals surface area contributed by atoms with E-state index in [2.05, 4.69) is 4.90 Å². The molecular weight excluding hydrogens is 284 g/mol. The molecule has 0 aromatic heterocycles. The van der Waals surface area contributed by atoms with Crippen LogP contribution in [0.25, 0.3) is 0 Å². The quantitative estimate of drug-likeness (QED) is 0.890. The van der Waals surface area contributed by atoms with E-state index in [4.69, 9.17) is 9.47 Å². The van der Waals surface area contributed by atoms with E-state index in [1.807, 2.05) is 11.9 Å². The number of carbonyl (C=O) groups is 1. The summed E-state index contributed by atoms with van der Waals surface area (Å²) in [6.45, 7) is 3.13. The van der Waals surface area contributed by atoms with Crippen LogP contribution in [0, 0.1) is 5.92 Å². The minimum atomic E-state index is -0.124. The number of methoxy groups -OCH3 is 1. The Bertz CT molecular complexity index is 563. The molecule has 2 fully saturated rings. The van der Waals surface area contributed by atoms with Gasteiger partial charge in [0.25, 0.3) is 0 Å². The Morgan fingerprint density at radius 2 is 2.18 bits per heavy atom. The van der Waals surface area contributed by atoms with Gasteiger partial charge < -0.3 is 19.5 Å². The predicted octanol–water partition coefficient (Wildman–Crippen LogP) is 0.690. The minimum Gasteiger partial charge on any atom is -0.508 e. The Balaban J connectivity index is 1.81. The zero-order valence-corrected chi connectivity index (χ0v) is 13.0. The maximum Gasteiger partial charge on any atom is 0.229 e. The van der Waals surface area contributed by atoms with Crippen LogP contribution in [0.1, 0.15) is 5.56 Å². The monoisotopic (exact) mass is 306 g/mol. The van der Waals surface area contributed by atoms with Crippen LogP contribution in [0.3, 0.4) is 0 Å². The molecule has 22 heavy (non-hydrogen) atoms. The molecular formula is C16H22N2O4. The predicted molar refractivity (Wildman–Crippen MR) is 80.8 cm³/mol. The van der Waals surface area contributed by atoms with Gasteiger partial charge in [0.1, 0.15) is 11.5 Å². The molecule has 2 saturated heterocycles. The summed E-state index contributed by atoms with van der Waals surface area (Å²) in [5.41, 5.74) is 0.929. The second-order valence-corrected chi connectivity index (χ2v) is 6.03. The molecule has 1 aromatic rings. The van der Waals surface area contributed by atoms with Crippen molar-refractivity contribution in [2.75, 3.05) is 40.5 Å². The van der Waals surface area contributed by atoms with Gasteiger partial charge in [0, 0.05) is 32.2 Å². The fourth-order valence-corrected chi connectivity index (χ4v) is 3.25. The highest BCUT2D eigenvalue weighted by molar-refractivity contribution is 5.79. The average molecular weight is 306 g/mol. The number of ether oxygens (including phenoxy) is 2. The molecule has 0 aliphatic carbocycles. The van der Waals surface area contributed by atoms with Crippen molar-refractivity contribution in [2.24, 2.45) is 5.92 Å². The summed E-state index contributed by atoms with van der Waals surface area (Å²) in [7, 11) is 3.48. The third-order valence-corrected chi connectivity index (χ3v) is 4.48. The van der Waals surface area contributed by atoms with Crippen molar-refractivity contribution in [1.82, 2.24) is 9.80 Å². The zero-order chi connectivity index (χ0) is 15.7. The molecule has 6 nitrogen and oxygen atoms in total. The van der Waals surface area contributed by atoms with Crippen LogP contribution in [-0.2, 0) is 16.1 Å². The molecule has 1 N–H and O–H groups in total. The number of aromatic hydroxyl groups is 1. The van der Waals surface area contributed by atoms with Crippen LogP contribution in [0.15, 0.2) is 18.2 Å².